The summed E-state index contributed by atoms with van der Waals surface area (Å²) in [7, 11) is 1.37. The van der Waals surface area contributed by atoms with Gasteiger partial charge >= 0.3 is 5.69 Å². The summed E-state index contributed by atoms with van der Waals surface area (Å²) in [5.41, 5.74) is 5.97. The molecule has 0 saturated heterocycles. The first-order chi connectivity index (χ1) is 19.1. The van der Waals surface area contributed by atoms with E-state index in [9.17, 15) is 9.18 Å². The van der Waals surface area contributed by atoms with Crippen LogP contribution in [0.5, 0.6) is 11.5 Å². The molecular formula is C25H26F2N8O5. The highest BCUT2D eigenvalue weighted by Crippen LogP contribution is 2.35. The van der Waals surface area contributed by atoms with E-state index in [-0.39, 0.29) is 41.3 Å². The fourth-order valence-corrected chi connectivity index (χ4v) is 3.41. The van der Waals surface area contributed by atoms with Crippen molar-refractivity contribution in [1.29, 1.82) is 5.41 Å². The Morgan fingerprint density at radius 1 is 1.23 bits per heavy atom. The van der Waals surface area contributed by atoms with E-state index in [1.54, 1.807) is 30.3 Å². The van der Waals surface area contributed by atoms with Crippen LogP contribution < -0.4 is 26.2 Å². The third-order valence-electron chi connectivity index (χ3n) is 5.09. The number of methoxy groups -OCH3 is 1. The molecule has 2 aromatic heterocycles. The number of halogens is 2. The first-order valence-corrected chi connectivity index (χ1v) is 11.6. The highest BCUT2D eigenvalue weighted by Gasteiger charge is 2.26. The number of hydrogen-bond acceptors (Lipinski definition) is 9. The number of nitrogens with one attached hydrogen (secondary N) is 3. The molecule has 0 amide bonds. The van der Waals surface area contributed by atoms with Gasteiger partial charge in [-0.05, 0) is 36.4 Å². The van der Waals surface area contributed by atoms with Crippen molar-refractivity contribution < 1.29 is 28.2 Å². The Bertz CT molecular complexity index is 1510. The number of rotatable bonds is 10. The average Bonchev–Trinajstić information content (AvgIpc) is 3.32. The van der Waals surface area contributed by atoms with Crippen LogP contribution in [0, 0.1) is 11.2 Å². The molecule has 0 aliphatic heterocycles. The number of aliphatic carboxylic acids is 1. The van der Waals surface area contributed by atoms with Gasteiger partial charge in [0.25, 0.3) is 11.9 Å². The van der Waals surface area contributed by atoms with Crippen molar-refractivity contribution in [2.24, 2.45) is 5.73 Å². The van der Waals surface area contributed by atoms with Gasteiger partial charge in [-0.2, -0.15) is 0 Å². The number of ether oxygens (including phenoxy) is 2. The van der Waals surface area contributed by atoms with Gasteiger partial charge in [-0.3, -0.25) is 15.2 Å². The van der Waals surface area contributed by atoms with E-state index >= 15 is 4.39 Å². The molecule has 6 N–H and O–H groups in total. The van der Waals surface area contributed by atoms with Gasteiger partial charge in [0, 0.05) is 42.2 Å². The van der Waals surface area contributed by atoms with Gasteiger partial charge in [-0.1, -0.05) is 0 Å². The monoisotopic (exact) mass is 556 g/mol. The zero-order valence-corrected chi connectivity index (χ0v) is 21.4. The quantitative estimate of drug-likeness (QED) is 0.143. The van der Waals surface area contributed by atoms with E-state index in [1.165, 1.54) is 25.6 Å². The van der Waals surface area contributed by atoms with Crippen molar-refractivity contribution in [3.63, 3.8) is 0 Å². The molecular weight excluding hydrogens is 530 g/mol. The molecule has 15 heteroatoms. The second kappa shape index (κ2) is 13.5. The Balaban J connectivity index is 0.00000103. The fraction of sp³-hybridized carbons (Fsp3) is 0.200. The Morgan fingerprint density at radius 2 is 1.88 bits per heavy atom. The van der Waals surface area contributed by atoms with Crippen molar-refractivity contribution >= 4 is 17.5 Å². The molecule has 4 aromatic rings. The number of aromatic amines is 1. The van der Waals surface area contributed by atoms with Gasteiger partial charge in [0.15, 0.2) is 17.3 Å². The maximum Gasteiger partial charge on any atom is 0.350 e. The van der Waals surface area contributed by atoms with Gasteiger partial charge in [0.05, 0.1) is 7.11 Å². The minimum Gasteiger partial charge on any atom is -0.493 e. The SMILES string of the molecule is CC(=O)O.COc1cc(C(Nc2ccc(C(=N)N)cc2)c2nn(-c3ncccn3)c(=O)[nH]2)c(F)cc1OCCF. The van der Waals surface area contributed by atoms with Crippen molar-refractivity contribution in [1.82, 2.24) is 24.7 Å². The number of carbonyl (C=O) groups is 1. The summed E-state index contributed by atoms with van der Waals surface area (Å²) in [5.74, 6) is -1.38. The van der Waals surface area contributed by atoms with Crippen molar-refractivity contribution in [2.45, 2.75) is 13.0 Å². The Labute approximate surface area is 226 Å². The predicted octanol–water partition coefficient (Wildman–Crippen LogP) is 2.42. The van der Waals surface area contributed by atoms with Gasteiger partial charge in [0.1, 0.15) is 31.0 Å². The maximum absolute atomic E-state index is 15.4. The summed E-state index contributed by atoms with van der Waals surface area (Å²) >= 11 is 0. The van der Waals surface area contributed by atoms with Crippen LogP contribution in [0.25, 0.3) is 5.95 Å². The molecule has 40 heavy (non-hydrogen) atoms. The van der Waals surface area contributed by atoms with Gasteiger partial charge in [-0.15, -0.1) is 9.78 Å². The van der Waals surface area contributed by atoms with E-state index in [4.69, 9.17) is 30.5 Å². The maximum atomic E-state index is 15.4. The molecule has 1 unspecified atom stereocenters. The Morgan fingerprint density at radius 3 is 2.45 bits per heavy atom. The summed E-state index contributed by atoms with van der Waals surface area (Å²) in [6.45, 7) is 0.0569. The number of hydrogen-bond donors (Lipinski definition) is 5. The zero-order chi connectivity index (χ0) is 29.2. The first kappa shape index (κ1) is 29.2. The van der Waals surface area contributed by atoms with Crippen molar-refractivity contribution in [2.75, 3.05) is 25.7 Å². The molecule has 13 nitrogen and oxygen atoms in total. The summed E-state index contributed by atoms with van der Waals surface area (Å²) in [4.78, 5) is 32.3. The second-order valence-electron chi connectivity index (χ2n) is 7.93. The lowest BCUT2D eigenvalue weighted by molar-refractivity contribution is -0.134. The minimum atomic E-state index is -1.02. The number of carboxylic acid groups (broad SMARTS) is 1. The number of carboxylic acids is 1. The molecule has 1 atom stereocenters. The summed E-state index contributed by atoms with van der Waals surface area (Å²) in [6, 6.07) is 9.55. The molecule has 4 rings (SSSR count). The standard InChI is InChI=1S/C23H22F2N8O3.C2H4O2/c1-35-17-11-15(16(25)12-18(17)36-10-7-24)19(30-14-5-3-13(4-6-14)20(26)27)21-31-23(34)33(32-21)22-28-8-2-9-29-22;1-2(3)4/h2-6,8-9,11-12,19,30H,7,10H2,1H3,(H3,26,27)(H,31,32,34);1H3,(H,3,4). The summed E-state index contributed by atoms with van der Waals surface area (Å²) in [5, 5.41) is 22.4. The number of amidine groups is 1. The zero-order valence-electron chi connectivity index (χ0n) is 21.4. The number of nitrogen functional groups attached to an aromatic ring is 1. The number of benzene rings is 2. The lowest BCUT2D eigenvalue weighted by Gasteiger charge is -2.21. The van der Waals surface area contributed by atoms with Crippen LogP contribution in [0.15, 0.2) is 59.7 Å². The highest BCUT2D eigenvalue weighted by molar-refractivity contribution is 5.95. The Hall–Kier alpha value is -5.34. The van der Waals surface area contributed by atoms with Gasteiger partial charge in [-0.25, -0.2) is 23.5 Å². The van der Waals surface area contributed by atoms with E-state index in [1.807, 2.05) is 0 Å². The number of nitrogens with zero attached hydrogens (tertiary/aromatic N) is 4. The van der Waals surface area contributed by atoms with Crippen molar-refractivity contribution in [3.8, 4) is 17.4 Å². The lowest BCUT2D eigenvalue weighted by Crippen LogP contribution is -2.18. The van der Waals surface area contributed by atoms with E-state index < -0.39 is 30.2 Å². The van der Waals surface area contributed by atoms with Crippen LogP contribution in [0.1, 0.15) is 29.9 Å². The van der Waals surface area contributed by atoms with Gasteiger partial charge in [0.2, 0.25) is 0 Å². The van der Waals surface area contributed by atoms with Gasteiger partial charge < -0.3 is 25.6 Å². The summed E-state index contributed by atoms with van der Waals surface area (Å²) < 4.78 is 39.5. The fourth-order valence-electron chi connectivity index (χ4n) is 3.41. The number of anilines is 1. The molecule has 0 radical (unpaired) electrons. The molecule has 0 saturated carbocycles. The molecule has 0 aliphatic carbocycles. The van der Waals surface area contributed by atoms with Crippen LogP contribution >= 0.6 is 0 Å². The lowest BCUT2D eigenvalue weighted by atomic mass is 10.0. The number of nitrogens with two attached hydrogens (primary N) is 1. The number of H-pyrrole nitrogens is 1. The smallest absolute Gasteiger partial charge is 0.350 e. The van der Waals surface area contributed by atoms with E-state index in [0.29, 0.717) is 11.3 Å². The topological polar surface area (TPSA) is 194 Å². The third kappa shape index (κ3) is 7.37. The first-order valence-electron chi connectivity index (χ1n) is 11.6. The molecule has 210 valence electrons. The van der Waals surface area contributed by atoms with Crippen LogP contribution in [0.2, 0.25) is 0 Å². The summed E-state index contributed by atoms with van der Waals surface area (Å²) in [6.07, 6.45) is 2.91. The second-order valence-corrected chi connectivity index (χ2v) is 7.93. The molecule has 0 fully saturated rings. The molecule has 2 aromatic carbocycles. The molecule has 2 heterocycles. The normalized spacial score (nSPS) is 11.1. The largest absolute Gasteiger partial charge is 0.493 e. The molecule has 0 spiro atoms. The van der Waals surface area contributed by atoms with E-state index in [0.717, 1.165) is 17.7 Å². The molecule has 0 bridgehead atoms. The van der Waals surface area contributed by atoms with E-state index in [2.05, 4.69) is 25.4 Å². The highest BCUT2D eigenvalue weighted by atomic mass is 19.1. The minimum absolute atomic E-state index is 0.0256. The van der Waals surface area contributed by atoms with Crippen LogP contribution in [-0.4, -0.2) is 62.0 Å². The third-order valence-corrected chi connectivity index (χ3v) is 5.09. The number of aromatic nitrogens is 5. The van der Waals surface area contributed by atoms with Crippen LogP contribution in [0.4, 0.5) is 14.5 Å². The predicted molar refractivity (Wildman–Crippen MR) is 140 cm³/mol. The van der Waals surface area contributed by atoms with Crippen LogP contribution in [-0.2, 0) is 4.79 Å². The Kier molecular flexibility index (Phi) is 9.83. The van der Waals surface area contributed by atoms with Crippen molar-refractivity contribution in [3.05, 3.63) is 88.1 Å². The number of alkyl halides is 1. The average molecular weight is 557 g/mol. The molecule has 0 aliphatic rings. The van der Waals surface area contributed by atoms with Crippen LogP contribution in [0.3, 0.4) is 0 Å².